The average molecular weight is 388 g/mol. The lowest BCUT2D eigenvalue weighted by Crippen LogP contribution is -2.30. The summed E-state index contributed by atoms with van der Waals surface area (Å²) in [6.07, 6.45) is 0. The Balaban J connectivity index is 1.53. The van der Waals surface area contributed by atoms with E-state index in [9.17, 15) is 14.8 Å². The number of amides is 1. The Kier molecular flexibility index (Phi) is 5.23. The number of fused-ring (bicyclic) bond motifs is 1. The molecule has 0 saturated carbocycles. The lowest BCUT2D eigenvalue weighted by atomic mass is 9.79. The summed E-state index contributed by atoms with van der Waals surface area (Å²) in [5.41, 5.74) is 4.05. The van der Waals surface area contributed by atoms with Crippen molar-refractivity contribution >= 4 is 40.9 Å². The minimum Gasteiger partial charge on any atom is -0.423 e. The number of para-hydroxylation sites is 1. The molecule has 9 heteroatoms. The molecule has 1 heterocycles. The van der Waals surface area contributed by atoms with Crippen LogP contribution in [0.15, 0.2) is 71.4 Å². The van der Waals surface area contributed by atoms with Crippen LogP contribution in [0.2, 0.25) is 0 Å². The third kappa shape index (κ3) is 4.10. The predicted octanol–water partition coefficient (Wildman–Crippen LogP) is 1.58. The summed E-state index contributed by atoms with van der Waals surface area (Å²) in [5.74, 6) is -0.270. The van der Waals surface area contributed by atoms with Gasteiger partial charge in [0, 0.05) is 6.54 Å². The van der Waals surface area contributed by atoms with Gasteiger partial charge in [0.25, 0.3) is 5.91 Å². The number of nitrogens with zero attached hydrogens (tertiary/aromatic N) is 2. The van der Waals surface area contributed by atoms with Gasteiger partial charge in [-0.3, -0.25) is 4.79 Å². The smallest absolute Gasteiger partial charge is 0.423 e. The summed E-state index contributed by atoms with van der Waals surface area (Å²) in [4.78, 5) is 12.8. The van der Waals surface area contributed by atoms with Crippen LogP contribution in [-0.4, -0.2) is 33.4 Å². The molecule has 144 valence electrons. The van der Waals surface area contributed by atoms with Crippen LogP contribution in [0.4, 0.5) is 11.4 Å². The molecule has 3 aromatic carbocycles. The van der Waals surface area contributed by atoms with Gasteiger partial charge >= 0.3 is 7.12 Å². The summed E-state index contributed by atoms with van der Waals surface area (Å²) < 4.78 is 4.78. The van der Waals surface area contributed by atoms with Gasteiger partial charge in [-0.25, -0.2) is 4.63 Å². The van der Waals surface area contributed by atoms with Crippen molar-refractivity contribution in [3.05, 3.63) is 77.9 Å². The number of anilines is 2. The lowest BCUT2D eigenvalue weighted by molar-refractivity contribution is 0.0951. The molecule has 29 heavy (non-hydrogen) atoms. The number of carbonyl (C=O) groups excluding carboxylic acids is 1. The van der Waals surface area contributed by atoms with E-state index in [2.05, 4.69) is 20.9 Å². The number of benzene rings is 3. The molecule has 0 spiro atoms. The highest BCUT2D eigenvalue weighted by atomic mass is 16.6. The minimum atomic E-state index is -1.55. The van der Waals surface area contributed by atoms with Crippen LogP contribution >= 0.6 is 0 Å². The first-order valence-electron chi connectivity index (χ1n) is 8.92. The number of hydrogen-bond acceptors (Lipinski definition) is 7. The van der Waals surface area contributed by atoms with Crippen molar-refractivity contribution in [1.82, 2.24) is 15.6 Å². The zero-order valence-corrected chi connectivity index (χ0v) is 15.2. The van der Waals surface area contributed by atoms with E-state index in [1.165, 1.54) is 0 Å². The van der Waals surface area contributed by atoms with Crippen LogP contribution in [0.1, 0.15) is 15.9 Å². The quantitative estimate of drug-likeness (QED) is 0.370. The first-order valence-corrected chi connectivity index (χ1v) is 8.92. The largest absolute Gasteiger partial charge is 0.488 e. The summed E-state index contributed by atoms with van der Waals surface area (Å²) in [6.45, 7) is 0.247. The third-order valence-electron chi connectivity index (χ3n) is 4.43. The maximum Gasteiger partial charge on any atom is 0.488 e. The molecule has 4 N–H and O–H groups in total. The van der Waals surface area contributed by atoms with E-state index in [4.69, 9.17) is 4.63 Å². The van der Waals surface area contributed by atoms with Gasteiger partial charge in [-0.15, -0.1) is 0 Å². The Morgan fingerprint density at radius 1 is 0.966 bits per heavy atom. The van der Waals surface area contributed by atoms with Gasteiger partial charge in [-0.2, -0.15) is 0 Å². The van der Waals surface area contributed by atoms with Crippen molar-refractivity contribution in [1.29, 1.82) is 0 Å². The summed E-state index contributed by atoms with van der Waals surface area (Å²) in [5, 5.41) is 32.4. The normalized spacial score (nSPS) is 10.7. The van der Waals surface area contributed by atoms with Gasteiger partial charge in [-0.05, 0) is 45.6 Å². The molecule has 0 aliphatic carbocycles. The van der Waals surface area contributed by atoms with Crippen LogP contribution in [0.5, 0.6) is 0 Å². The molecule has 0 saturated heterocycles. The van der Waals surface area contributed by atoms with Crippen molar-refractivity contribution in [2.75, 3.05) is 5.32 Å². The molecule has 0 aliphatic rings. The lowest BCUT2D eigenvalue weighted by Gasteiger charge is -2.13. The molecule has 0 unspecified atom stereocenters. The van der Waals surface area contributed by atoms with Crippen molar-refractivity contribution in [3.8, 4) is 0 Å². The molecule has 0 fully saturated rings. The molecule has 0 bridgehead atoms. The SMILES string of the molecule is O=C(NCc1cccc(B(O)O)c1)c1ccccc1Nc1cccc2nonc12. The van der Waals surface area contributed by atoms with E-state index in [1.54, 1.807) is 48.5 Å². The maximum absolute atomic E-state index is 12.8. The third-order valence-corrected chi connectivity index (χ3v) is 4.43. The molecule has 8 nitrogen and oxygen atoms in total. The Morgan fingerprint density at radius 3 is 2.62 bits per heavy atom. The predicted molar refractivity (Wildman–Crippen MR) is 109 cm³/mol. The van der Waals surface area contributed by atoms with Crippen molar-refractivity contribution < 1.29 is 19.5 Å². The second-order valence-corrected chi connectivity index (χ2v) is 6.41. The highest BCUT2D eigenvalue weighted by molar-refractivity contribution is 6.58. The molecular formula is C20H17BN4O4. The van der Waals surface area contributed by atoms with Crippen LogP contribution in [-0.2, 0) is 6.54 Å². The van der Waals surface area contributed by atoms with Crippen molar-refractivity contribution in [3.63, 3.8) is 0 Å². The van der Waals surface area contributed by atoms with Gasteiger partial charge in [-0.1, -0.05) is 42.5 Å². The number of carbonyl (C=O) groups is 1. The fourth-order valence-electron chi connectivity index (χ4n) is 2.98. The van der Waals surface area contributed by atoms with Crippen LogP contribution < -0.4 is 16.1 Å². The van der Waals surface area contributed by atoms with E-state index in [0.717, 1.165) is 5.56 Å². The molecular weight excluding hydrogens is 371 g/mol. The molecule has 1 amide bonds. The topological polar surface area (TPSA) is 121 Å². The number of aromatic nitrogens is 2. The summed E-state index contributed by atoms with van der Waals surface area (Å²) in [6, 6.07) is 19.3. The van der Waals surface area contributed by atoms with Gasteiger partial charge < -0.3 is 20.7 Å². The average Bonchev–Trinajstić information content (AvgIpc) is 3.22. The minimum absolute atomic E-state index is 0.247. The van der Waals surface area contributed by atoms with Gasteiger partial charge in [0.1, 0.15) is 5.52 Å². The highest BCUT2D eigenvalue weighted by Gasteiger charge is 2.14. The van der Waals surface area contributed by atoms with Gasteiger partial charge in [0.05, 0.1) is 16.9 Å². The first kappa shape index (κ1) is 18.7. The molecule has 0 radical (unpaired) electrons. The molecule has 0 atom stereocenters. The van der Waals surface area contributed by atoms with E-state index in [0.29, 0.717) is 33.4 Å². The number of hydrogen-bond donors (Lipinski definition) is 4. The number of rotatable bonds is 6. The summed E-state index contributed by atoms with van der Waals surface area (Å²) >= 11 is 0. The zero-order valence-electron chi connectivity index (χ0n) is 15.2. The van der Waals surface area contributed by atoms with Gasteiger partial charge in [0.2, 0.25) is 0 Å². The van der Waals surface area contributed by atoms with Gasteiger partial charge in [0.15, 0.2) is 5.52 Å². The first-order chi connectivity index (χ1) is 14.1. The Bertz CT molecular complexity index is 1160. The molecule has 4 aromatic rings. The highest BCUT2D eigenvalue weighted by Crippen LogP contribution is 2.26. The molecule has 4 rings (SSSR count). The van der Waals surface area contributed by atoms with Crippen LogP contribution in [0.25, 0.3) is 11.0 Å². The van der Waals surface area contributed by atoms with Crippen molar-refractivity contribution in [2.24, 2.45) is 0 Å². The Morgan fingerprint density at radius 2 is 1.76 bits per heavy atom. The van der Waals surface area contributed by atoms with Crippen LogP contribution in [0, 0.1) is 0 Å². The molecule has 1 aromatic heterocycles. The standard InChI is InChI=1S/C20H17BN4O4/c26-20(22-12-13-5-3-6-14(11-13)21(27)28)15-7-1-2-8-16(15)23-17-9-4-10-18-19(17)25-29-24-18/h1-11,23,27-28H,12H2,(H,22,26). The monoisotopic (exact) mass is 388 g/mol. The van der Waals surface area contributed by atoms with E-state index >= 15 is 0 Å². The van der Waals surface area contributed by atoms with Crippen molar-refractivity contribution in [2.45, 2.75) is 6.54 Å². The van der Waals surface area contributed by atoms with E-state index < -0.39 is 7.12 Å². The van der Waals surface area contributed by atoms with E-state index in [-0.39, 0.29) is 12.5 Å². The summed E-state index contributed by atoms with van der Waals surface area (Å²) in [7, 11) is -1.55. The van der Waals surface area contributed by atoms with Crippen LogP contribution in [0.3, 0.4) is 0 Å². The van der Waals surface area contributed by atoms with E-state index in [1.807, 2.05) is 18.2 Å². The molecule has 0 aliphatic heterocycles. The Hall–Kier alpha value is -3.69. The Labute approximate surface area is 166 Å². The maximum atomic E-state index is 12.8. The second kappa shape index (κ2) is 8.13. The number of nitrogens with one attached hydrogen (secondary N) is 2. The zero-order chi connectivity index (χ0) is 20.2. The fraction of sp³-hybridized carbons (Fsp3) is 0.0500. The second-order valence-electron chi connectivity index (χ2n) is 6.41. The fourth-order valence-corrected chi connectivity index (χ4v) is 2.98.